The van der Waals surface area contributed by atoms with Gasteiger partial charge in [-0.3, -0.25) is 4.79 Å². The lowest BCUT2D eigenvalue weighted by molar-refractivity contribution is -0.122. The highest BCUT2D eigenvalue weighted by molar-refractivity contribution is 7.17. The van der Waals surface area contributed by atoms with E-state index in [0.717, 1.165) is 37.7 Å². The Bertz CT molecular complexity index is 864. The molecule has 1 amide bonds. The second kappa shape index (κ2) is 9.43. The molecule has 0 aliphatic heterocycles. The molecule has 1 aromatic carbocycles. The first kappa shape index (κ1) is 20.7. The number of esters is 1. The van der Waals surface area contributed by atoms with Gasteiger partial charge in [-0.1, -0.05) is 24.1 Å². The first-order valence-corrected chi connectivity index (χ1v) is 10.7. The molecule has 1 aromatic heterocycles. The van der Waals surface area contributed by atoms with Crippen LogP contribution < -0.4 is 10.1 Å². The number of benzene rings is 1. The summed E-state index contributed by atoms with van der Waals surface area (Å²) in [5, 5.41) is 3.97. The lowest BCUT2D eigenvalue weighted by atomic mass is 10.1. The van der Waals surface area contributed by atoms with Crippen LogP contribution >= 0.6 is 22.9 Å². The fourth-order valence-corrected chi connectivity index (χ4v) is 4.72. The lowest BCUT2D eigenvalue weighted by Gasteiger charge is -2.15. The fraction of sp³-hybridized carbons (Fsp3) is 0.429. The number of thiophene rings is 1. The van der Waals surface area contributed by atoms with Crippen molar-refractivity contribution in [2.24, 2.45) is 0 Å². The Morgan fingerprint density at radius 1 is 1.25 bits per heavy atom. The first-order chi connectivity index (χ1) is 13.5. The van der Waals surface area contributed by atoms with Gasteiger partial charge in [-0.2, -0.15) is 0 Å². The molecule has 150 valence electrons. The van der Waals surface area contributed by atoms with E-state index >= 15 is 0 Å². The molecule has 0 saturated heterocycles. The largest absolute Gasteiger partial charge is 0.481 e. The summed E-state index contributed by atoms with van der Waals surface area (Å²) < 4.78 is 10.9. The zero-order chi connectivity index (χ0) is 20.1. The van der Waals surface area contributed by atoms with Crippen LogP contribution in [0.25, 0.3) is 0 Å². The van der Waals surface area contributed by atoms with Crippen LogP contribution in [-0.4, -0.2) is 24.6 Å². The molecule has 28 heavy (non-hydrogen) atoms. The third-order valence-electron chi connectivity index (χ3n) is 4.62. The van der Waals surface area contributed by atoms with Gasteiger partial charge in [0.2, 0.25) is 0 Å². The Balaban J connectivity index is 1.80. The molecule has 5 nitrogen and oxygen atoms in total. The number of fused-ring (bicyclic) bond motifs is 1. The summed E-state index contributed by atoms with van der Waals surface area (Å²) in [6.45, 7) is 3.74. The maximum Gasteiger partial charge on any atom is 0.341 e. The third-order valence-corrected chi connectivity index (χ3v) is 6.06. The van der Waals surface area contributed by atoms with Gasteiger partial charge < -0.3 is 14.8 Å². The molecule has 1 N–H and O–H groups in total. The van der Waals surface area contributed by atoms with Crippen molar-refractivity contribution in [3.8, 4) is 5.75 Å². The first-order valence-electron chi connectivity index (χ1n) is 9.54. The van der Waals surface area contributed by atoms with E-state index in [9.17, 15) is 9.59 Å². The van der Waals surface area contributed by atoms with Crippen LogP contribution in [0.2, 0.25) is 5.02 Å². The summed E-state index contributed by atoms with van der Waals surface area (Å²) in [6, 6.07) is 6.90. The number of hydrogen-bond donors (Lipinski definition) is 1. The highest BCUT2D eigenvalue weighted by Gasteiger charge is 2.27. The van der Waals surface area contributed by atoms with E-state index in [1.807, 2.05) is 0 Å². The highest BCUT2D eigenvalue weighted by Crippen LogP contribution is 2.38. The Labute approximate surface area is 174 Å². The predicted octanol–water partition coefficient (Wildman–Crippen LogP) is 5.25. The summed E-state index contributed by atoms with van der Waals surface area (Å²) in [5.41, 5.74) is 1.53. The Hall–Kier alpha value is -2.05. The molecule has 1 atom stereocenters. The van der Waals surface area contributed by atoms with Gasteiger partial charge in [-0.25, -0.2) is 4.79 Å². The van der Waals surface area contributed by atoms with Crippen molar-refractivity contribution < 1.29 is 19.1 Å². The fourth-order valence-electron chi connectivity index (χ4n) is 3.26. The molecule has 0 fully saturated rings. The molecule has 3 rings (SSSR count). The van der Waals surface area contributed by atoms with Gasteiger partial charge in [0.25, 0.3) is 5.91 Å². The van der Waals surface area contributed by atoms with Crippen LogP contribution in [0.3, 0.4) is 0 Å². The van der Waals surface area contributed by atoms with Crippen LogP contribution in [0, 0.1) is 0 Å². The molecular formula is C21H24ClNO4S. The van der Waals surface area contributed by atoms with Crippen molar-refractivity contribution in [3.05, 3.63) is 45.3 Å². The van der Waals surface area contributed by atoms with Gasteiger partial charge in [0, 0.05) is 9.90 Å². The van der Waals surface area contributed by atoms with E-state index < -0.39 is 6.10 Å². The minimum Gasteiger partial charge on any atom is -0.481 e. The van der Waals surface area contributed by atoms with Crippen molar-refractivity contribution in [1.29, 1.82) is 0 Å². The Morgan fingerprint density at radius 3 is 2.79 bits per heavy atom. The molecule has 0 saturated carbocycles. The number of anilines is 1. The SMILES string of the molecule is CCOC(=O)c1c(NC(=O)[C@H](C)Oc2cccc(Cl)c2)sc2c1CCCCC2. The van der Waals surface area contributed by atoms with Crippen LogP contribution in [0.15, 0.2) is 24.3 Å². The second-order valence-corrected chi connectivity index (χ2v) is 8.24. The lowest BCUT2D eigenvalue weighted by Crippen LogP contribution is -2.30. The second-order valence-electron chi connectivity index (χ2n) is 6.70. The molecule has 0 unspecified atom stereocenters. The molecule has 1 aliphatic carbocycles. The Morgan fingerprint density at radius 2 is 2.04 bits per heavy atom. The number of amides is 1. The van der Waals surface area contributed by atoms with Crippen molar-refractivity contribution in [2.45, 2.75) is 52.1 Å². The van der Waals surface area contributed by atoms with E-state index in [4.69, 9.17) is 21.1 Å². The third kappa shape index (κ3) is 4.86. The monoisotopic (exact) mass is 421 g/mol. The molecule has 0 bridgehead atoms. The summed E-state index contributed by atoms with van der Waals surface area (Å²) in [5.74, 6) is -0.176. The van der Waals surface area contributed by atoms with Gasteiger partial charge in [0.15, 0.2) is 6.10 Å². The highest BCUT2D eigenvalue weighted by atomic mass is 35.5. The number of halogens is 1. The number of carbonyl (C=O) groups is 2. The van der Waals surface area contributed by atoms with Crippen LogP contribution in [-0.2, 0) is 22.4 Å². The van der Waals surface area contributed by atoms with E-state index in [2.05, 4.69) is 5.32 Å². The van der Waals surface area contributed by atoms with Gasteiger partial charge >= 0.3 is 5.97 Å². The zero-order valence-electron chi connectivity index (χ0n) is 16.0. The van der Waals surface area contributed by atoms with Gasteiger partial charge in [0.05, 0.1) is 12.2 Å². The molecule has 1 heterocycles. The Kier molecular flexibility index (Phi) is 6.97. The van der Waals surface area contributed by atoms with E-state index in [-0.39, 0.29) is 11.9 Å². The van der Waals surface area contributed by atoms with Gasteiger partial charge in [-0.05, 0) is 63.3 Å². The summed E-state index contributed by atoms with van der Waals surface area (Å²) in [4.78, 5) is 26.4. The van der Waals surface area contributed by atoms with E-state index in [0.29, 0.717) is 27.9 Å². The molecule has 2 aromatic rings. The topological polar surface area (TPSA) is 64.6 Å². The summed E-state index contributed by atoms with van der Waals surface area (Å²) in [7, 11) is 0. The molecule has 7 heteroatoms. The predicted molar refractivity (Wildman–Crippen MR) is 112 cm³/mol. The maximum absolute atomic E-state index is 12.7. The number of carbonyl (C=O) groups excluding carboxylic acids is 2. The normalized spacial score (nSPS) is 14.5. The minimum absolute atomic E-state index is 0.297. The maximum atomic E-state index is 12.7. The smallest absolute Gasteiger partial charge is 0.341 e. The number of ether oxygens (including phenoxy) is 2. The van der Waals surface area contributed by atoms with Crippen LogP contribution in [0.4, 0.5) is 5.00 Å². The zero-order valence-corrected chi connectivity index (χ0v) is 17.6. The molecule has 0 spiro atoms. The minimum atomic E-state index is -0.740. The molecule has 1 aliphatic rings. The van der Waals surface area contributed by atoms with E-state index in [1.165, 1.54) is 16.2 Å². The molecule has 0 radical (unpaired) electrons. The van der Waals surface area contributed by atoms with Crippen molar-refractivity contribution >= 4 is 39.8 Å². The number of aryl methyl sites for hydroxylation is 1. The van der Waals surface area contributed by atoms with E-state index in [1.54, 1.807) is 38.1 Å². The summed E-state index contributed by atoms with van der Waals surface area (Å²) in [6.07, 6.45) is 4.31. The average molecular weight is 422 g/mol. The van der Waals surface area contributed by atoms with Gasteiger partial charge in [-0.15, -0.1) is 11.3 Å². The quantitative estimate of drug-likeness (QED) is 0.510. The molecular weight excluding hydrogens is 398 g/mol. The number of rotatable bonds is 6. The number of hydrogen-bond acceptors (Lipinski definition) is 5. The van der Waals surface area contributed by atoms with Crippen molar-refractivity contribution in [2.75, 3.05) is 11.9 Å². The standard InChI is InChI=1S/C21H24ClNO4S/c1-3-26-21(25)18-16-10-5-4-6-11-17(16)28-20(18)23-19(24)13(2)27-15-9-7-8-14(22)12-15/h7-9,12-13H,3-6,10-11H2,1-2H3,(H,23,24)/t13-/m0/s1. The van der Waals surface area contributed by atoms with Crippen molar-refractivity contribution in [1.82, 2.24) is 0 Å². The van der Waals surface area contributed by atoms with Gasteiger partial charge in [0.1, 0.15) is 10.8 Å². The summed E-state index contributed by atoms with van der Waals surface area (Å²) >= 11 is 7.44. The van der Waals surface area contributed by atoms with Crippen LogP contribution in [0.1, 0.15) is 53.9 Å². The number of nitrogens with one attached hydrogen (secondary N) is 1. The van der Waals surface area contributed by atoms with Crippen LogP contribution in [0.5, 0.6) is 5.75 Å². The van der Waals surface area contributed by atoms with Crippen molar-refractivity contribution in [3.63, 3.8) is 0 Å². The average Bonchev–Trinajstić information content (AvgIpc) is 2.82.